The van der Waals surface area contributed by atoms with Crippen molar-refractivity contribution in [2.45, 2.75) is 51.0 Å². The smallest absolute Gasteiger partial charge is 0.274 e. The van der Waals surface area contributed by atoms with Crippen molar-refractivity contribution < 1.29 is 13.2 Å². The minimum atomic E-state index is -3.05. The van der Waals surface area contributed by atoms with Gasteiger partial charge in [-0.05, 0) is 69.2 Å². The Balaban J connectivity index is 1.37. The van der Waals surface area contributed by atoms with Crippen LogP contribution in [0.2, 0.25) is 0 Å². The Morgan fingerprint density at radius 2 is 1.80 bits per heavy atom. The van der Waals surface area contributed by atoms with Gasteiger partial charge in [-0.2, -0.15) is 5.10 Å². The Bertz CT molecular complexity index is 1050. The van der Waals surface area contributed by atoms with Crippen LogP contribution in [0.15, 0.2) is 24.3 Å². The zero-order chi connectivity index (χ0) is 20.7. The molecule has 3 heterocycles. The van der Waals surface area contributed by atoms with Gasteiger partial charge < -0.3 is 10.2 Å². The van der Waals surface area contributed by atoms with Crippen molar-refractivity contribution in [2.24, 2.45) is 0 Å². The highest BCUT2D eigenvalue weighted by molar-refractivity contribution is 7.91. The molecular weight excluding hydrogens is 400 g/mol. The van der Waals surface area contributed by atoms with Crippen LogP contribution in [0, 0.1) is 0 Å². The number of carbonyl (C=O) groups excluding carboxylic acids is 1. The average molecular weight is 429 g/mol. The fourth-order valence-corrected chi connectivity index (χ4v) is 6.68. The van der Waals surface area contributed by atoms with E-state index in [4.69, 9.17) is 0 Å². The summed E-state index contributed by atoms with van der Waals surface area (Å²) in [5, 5.41) is 7.68. The number of nitrogens with zero attached hydrogens (tertiary/aromatic N) is 3. The largest absolute Gasteiger partial charge is 0.372 e. The number of benzene rings is 1. The topological polar surface area (TPSA) is 84.3 Å². The highest BCUT2D eigenvalue weighted by Crippen LogP contribution is 2.32. The molecule has 2 aromatic rings. The van der Waals surface area contributed by atoms with Crippen LogP contribution >= 0.6 is 0 Å². The van der Waals surface area contributed by atoms with E-state index in [0.717, 1.165) is 49.3 Å². The number of hydrogen-bond acceptors (Lipinski definition) is 5. The molecule has 0 spiro atoms. The van der Waals surface area contributed by atoms with Crippen molar-refractivity contribution in [2.75, 3.05) is 34.8 Å². The predicted molar refractivity (Wildman–Crippen MR) is 117 cm³/mol. The summed E-state index contributed by atoms with van der Waals surface area (Å²) in [6.45, 7) is 2.17. The molecular formula is C22H28N4O3S. The van der Waals surface area contributed by atoms with Crippen LogP contribution in [-0.4, -0.2) is 48.7 Å². The van der Waals surface area contributed by atoms with E-state index in [0.29, 0.717) is 12.1 Å². The van der Waals surface area contributed by atoms with Crippen molar-refractivity contribution >= 4 is 27.1 Å². The number of carbonyl (C=O) groups is 1. The van der Waals surface area contributed by atoms with Gasteiger partial charge in [-0.1, -0.05) is 0 Å². The monoisotopic (exact) mass is 428 g/mol. The van der Waals surface area contributed by atoms with E-state index in [9.17, 15) is 13.2 Å². The molecule has 5 rings (SSSR count). The maximum atomic E-state index is 13.2. The van der Waals surface area contributed by atoms with Gasteiger partial charge >= 0.3 is 0 Å². The highest BCUT2D eigenvalue weighted by Gasteiger charge is 2.35. The van der Waals surface area contributed by atoms with Crippen molar-refractivity contribution in [1.29, 1.82) is 0 Å². The molecule has 1 amide bonds. The summed E-state index contributed by atoms with van der Waals surface area (Å²) in [6.07, 6.45) is 6.94. The standard InChI is InChI=1S/C22H28N4O3S/c27-22(23-16-7-9-17(10-8-16)25-12-2-1-3-13-25)21-19-5-4-6-20(19)24-26(21)18-11-14-30(28,29)15-18/h7-10,18H,1-6,11-15H2,(H,23,27)/t18-/m1/s1. The molecule has 3 aliphatic rings. The van der Waals surface area contributed by atoms with Gasteiger partial charge in [0.15, 0.2) is 9.84 Å². The molecule has 7 nitrogen and oxygen atoms in total. The van der Waals surface area contributed by atoms with Gasteiger partial charge in [0.25, 0.3) is 5.91 Å². The molecule has 0 unspecified atom stereocenters. The Morgan fingerprint density at radius 3 is 2.50 bits per heavy atom. The van der Waals surface area contributed by atoms with Crippen molar-refractivity contribution in [3.8, 4) is 0 Å². The molecule has 0 bridgehead atoms. The molecule has 8 heteroatoms. The van der Waals surface area contributed by atoms with Crippen LogP contribution in [0.5, 0.6) is 0 Å². The minimum absolute atomic E-state index is 0.0678. The first kappa shape index (κ1) is 19.6. The fourth-order valence-electron chi connectivity index (χ4n) is 4.98. The lowest BCUT2D eigenvalue weighted by molar-refractivity contribution is 0.101. The third kappa shape index (κ3) is 3.73. The third-order valence-corrected chi connectivity index (χ3v) is 8.30. The Kier molecular flexibility index (Phi) is 5.05. The van der Waals surface area contributed by atoms with Crippen molar-refractivity contribution in [1.82, 2.24) is 9.78 Å². The summed E-state index contributed by atoms with van der Waals surface area (Å²) < 4.78 is 25.7. The number of fused-ring (bicyclic) bond motifs is 1. The lowest BCUT2D eigenvalue weighted by Crippen LogP contribution is -2.29. The lowest BCUT2D eigenvalue weighted by atomic mass is 10.1. The molecule has 2 fully saturated rings. The quantitative estimate of drug-likeness (QED) is 0.809. The van der Waals surface area contributed by atoms with Crippen LogP contribution in [0.3, 0.4) is 0 Å². The van der Waals surface area contributed by atoms with Crippen LogP contribution in [0.25, 0.3) is 0 Å². The maximum absolute atomic E-state index is 13.2. The van der Waals surface area contributed by atoms with E-state index in [1.54, 1.807) is 4.68 Å². The summed E-state index contributed by atoms with van der Waals surface area (Å²) in [7, 11) is -3.05. The molecule has 1 aromatic carbocycles. The van der Waals surface area contributed by atoms with Gasteiger partial charge in [0.05, 0.1) is 23.2 Å². The first-order chi connectivity index (χ1) is 14.5. The molecule has 1 aromatic heterocycles. The van der Waals surface area contributed by atoms with E-state index >= 15 is 0 Å². The van der Waals surface area contributed by atoms with Crippen molar-refractivity contribution in [3.63, 3.8) is 0 Å². The van der Waals surface area contributed by atoms with Gasteiger partial charge in [-0.25, -0.2) is 8.42 Å². The summed E-state index contributed by atoms with van der Waals surface area (Å²) in [5.41, 5.74) is 4.42. The van der Waals surface area contributed by atoms with E-state index in [1.807, 2.05) is 12.1 Å². The SMILES string of the molecule is O=C(Nc1ccc(N2CCCCC2)cc1)c1c2c(nn1[C@@H]1CCS(=O)(=O)C1)CCC2. The van der Waals surface area contributed by atoms with Crippen LogP contribution in [0.4, 0.5) is 11.4 Å². The number of nitrogens with one attached hydrogen (secondary N) is 1. The predicted octanol–water partition coefficient (Wildman–Crippen LogP) is 2.97. The second-order valence-electron chi connectivity index (χ2n) is 8.68. The first-order valence-electron chi connectivity index (χ1n) is 11.0. The summed E-state index contributed by atoms with van der Waals surface area (Å²) >= 11 is 0. The number of sulfone groups is 1. The molecule has 0 saturated carbocycles. The third-order valence-electron chi connectivity index (χ3n) is 6.55. The molecule has 0 radical (unpaired) electrons. The van der Waals surface area contributed by atoms with Gasteiger partial charge in [0.1, 0.15) is 5.69 Å². The summed E-state index contributed by atoms with van der Waals surface area (Å²) in [4.78, 5) is 15.6. The second-order valence-corrected chi connectivity index (χ2v) is 10.9. The Labute approximate surface area is 177 Å². The Morgan fingerprint density at radius 1 is 1.03 bits per heavy atom. The Hall–Kier alpha value is -2.35. The van der Waals surface area contributed by atoms with E-state index in [2.05, 4.69) is 27.4 Å². The summed E-state index contributed by atoms with van der Waals surface area (Å²) in [6, 6.07) is 7.77. The molecule has 2 saturated heterocycles. The molecule has 1 aliphatic carbocycles. The van der Waals surface area contributed by atoms with E-state index in [-0.39, 0.29) is 23.5 Å². The van der Waals surface area contributed by atoms with Gasteiger partial charge in [-0.3, -0.25) is 9.48 Å². The van der Waals surface area contributed by atoms with Crippen LogP contribution in [0.1, 0.15) is 59.9 Å². The van der Waals surface area contributed by atoms with Gasteiger partial charge in [-0.15, -0.1) is 0 Å². The zero-order valence-corrected chi connectivity index (χ0v) is 18.0. The maximum Gasteiger partial charge on any atom is 0.274 e. The normalized spacial score (nSPS) is 22.8. The minimum Gasteiger partial charge on any atom is -0.372 e. The fraction of sp³-hybridized carbons (Fsp3) is 0.545. The second kappa shape index (κ2) is 7.72. The number of anilines is 2. The van der Waals surface area contributed by atoms with Gasteiger partial charge in [0, 0.05) is 30.0 Å². The zero-order valence-electron chi connectivity index (χ0n) is 17.1. The molecule has 2 aliphatic heterocycles. The van der Waals surface area contributed by atoms with E-state index in [1.165, 1.54) is 24.9 Å². The number of aromatic nitrogens is 2. The lowest BCUT2D eigenvalue weighted by Gasteiger charge is -2.28. The molecule has 30 heavy (non-hydrogen) atoms. The average Bonchev–Trinajstić information content (AvgIpc) is 3.42. The number of piperidine rings is 1. The highest BCUT2D eigenvalue weighted by atomic mass is 32.2. The number of aryl methyl sites for hydroxylation is 1. The summed E-state index contributed by atoms with van der Waals surface area (Å²) in [5.74, 6) is 0.0419. The van der Waals surface area contributed by atoms with Gasteiger partial charge in [0.2, 0.25) is 0 Å². The number of amides is 1. The first-order valence-corrected chi connectivity index (χ1v) is 12.8. The number of rotatable bonds is 4. The van der Waals surface area contributed by atoms with E-state index < -0.39 is 9.84 Å². The van der Waals surface area contributed by atoms with Crippen molar-refractivity contribution in [3.05, 3.63) is 41.2 Å². The molecule has 1 atom stereocenters. The van der Waals surface area contributed by atoms with Crippen LogP contribution in [-0.2, 0) is 22.7 Å². The number of hydrogen-bond donors (Lipinski definition) is 1. The van der Waals surface area contributed by atoms with Crippen LogP contribution < -0.4 is 10.2 Å². The molecule has 1 N–H and O–H groups in total. The molecule has 160 valence electrons.